The number of hydrogen-bond acceptors (Lipinski definition) is 4. The summed E-state index contributed by atoms with van der Waals surface area (Å²) in [6.07, 6.45) is 0. The van der Waals surface area contributed by atoms with E-state index in [1.807, 2.05) is 0 Å². The van der Waals surface area contributed by atoms with Crippen LogP contribution in [0.25, 0.3) is 0 Å². The number of likely N-dealkylation sites (N-methyl/N-ethyl adjacent to an activating group) is 1. The van der Waals surface area contributed by atoms with Crippen LogP contribution in [0, 0.1) is 0 Å². The second kappa shape index (κ2) is 5.80. The minimum Gasteiger partial charge on any atom is -0.325 e. The third-order valence-electron chi connectivity index (χ3n) is 2.22. The average Bonchev–Trinajstić information content (AvgIpc) is 2.26. The number of nitrogens with one attached hydrogen (secondary N) is 3. The van der Waals surface area contributed by atoms with Gasteiger partial charge in [0.25, 0.3) is 10.2 Å². The van der Waals surface area contributed by atoms with Gasteiger partial charge < -0.3 is 10.6 Å². The van der Waals surface area contributed by atoms with Gasteiger partial charge >= 0.3 is 0 Å². The SMILES string of the molecule is CNC(C)C(=O)Nc1cccc(NS(N)(=O)=O)c1. The highest BCUT2D eigenvalue weighted by Gasteiger charge is 2.10. The topological polar surface area (TPSA) is 113 Å². The molecule has 1 aromatic carbocycles. The average molecular weight is 272 g/mol. The lowest BCUT2D eigenvalue weighted by atomic mass is 10.2. The molecule has 0 radical (unpaired) electrons. The number of carbonyl (C=O) groups is 1. The van der Waals surface area contributed by atoms with E-state index in [4.69, 9.17) is 5.14 Å². The molecule has 0 aromatic heterocycles. The van der Waals surface area contributed by atoms with Crippen molar-refractivity contribution < 1.29 is 13.2 Å². The van der Waals surface area contributed by atoms with Crippen LogP contribution in [0.3, 0.4) is 0 Å². The molecule has 7 nitrogen and oxygen atoms in total. The normalized spacial score (nSPS) is 12.8. The summed E-state index contributed by atoms with van der Waals surface area (Å²) >= 11 is 0. The minimum atomic E-state index is -3.82. The summed E-state index contributed by atoms with van der Waals surface area (Å²) < 4.78 is 23.8. The van der Waals surface area contributed by atoms with Crippen LogP contribution in [0.15, 0.2) is 24.3 Å². The maximum atomic E-state index is 11.6. The van der Waals surface area contributed by atoms with Crippen molar-refractivity contribution in [1.82, 2.24) is 5.32 Å². The zero-order valence-corrected chi connectivity index (χ0v) is 10.9. The zero-order chi connectivity index (χ0) is 13.8. The van der Waals surface area contributed by atoms with Crippen molar-refractivity contribution in [2.75, 3.05) is 17.1 Å². The van der Waals surface area contributed by atoms with Crippen LogP contribution in [0.1, 0.15) is 6.92 Å². The Kier molecular flexibility index (Phi) is 4.65. The number of anilines is 2. The molecular weight excluding hydrogens is 256 g/mol. The van der Waals surface area contributed by atoms with E-state index in [2.05, 4.69) is 15.4 Å². The summed E-state index contributed by atoms with van der Waals surface area (Å²) in [6, 6.07) is 5.91. The molecule has 1 aromatic rings. The van der Waals surface area contributed by atoms with Crippen molar-refractivity contribution in [2.45, 2.75) is 13.0 Å². The molecule has 0 aliphatic carbocycles. The van der Waals surface area contributed by atoms with Gasteiger partial charge in [-0.25, -0.2) is 5.14 Å². The summed E-state index contributed by atoms with van der Waals surface area (Å²) in [7, 11) is -2.15. The molecule has 100 valence electrons. The molecule has 1 amide bonds. The first-order valence-electron chi connectivity index (χ1n) is 5.20. The van der Waals surface area contributed by atoms with E-state index >= 15 is 0 Å². The van der Waals surface area contributed by atoms with Gasteiger partial charge in [0, 0.05) is 5.69 Å². The summed E-state index contributed by atoms with van der Waals surface area (Å²) in [5, 5.41) is 10.3. The Balaban J connectivity index is 2.80. The third-order valence-corrected chi connectivity index (χ3v) is 2.74. The molecule has 0 aliphatic rings. The highest BCUT2D eigenvalue weighted by atomic mass is 32.2. The van der Waals surface area contributed by atoms with Gasteiger partial charge in [-0.1, -0.05) is 6.07 Å². The molecule has 8 heteroatoms. The highest BCUT2D eigenvalue weighted by molar-refractivity contribution is 7.90. The van der Waals surface area contributed by atoms with Gasteiger partial charge in [0.15, 0.2) is 0 Å². The molecule has 1 atom stereocenters. The fraction of sp³-hybridized carbons (Fsp3) is 0.300. The smallest absolute Gasteiger partial charge is 0.296 e. The number of nitrogens with two attached hydrogens (primary N) is 1. The third kappa shape index (κ3) is 4.70. The van der Waals surface area contributed by atoms with Crippen LogP contribution in [-0.4, -0.2) is 27.4 Å². The van der Waals surface area contributed by atoms with Crippen LogP contribution >= 0.6 is 0 Å². The Labute approximate surface area is 106 Å². The monoisotopic (exact) mass is 272 g/mol. The van der Waals surface area contributed by atoms with Gasteiger partial charge in [0.05, 0.1) is 11.7 Å². The summed E-state index contributed by atoms with van der Waals surface area (Å²) in [6.45, 7) is 1.71. The molecule has 0 heterocycles. The summed E-state index contributed by atoms with van der Waals surface area (Å²) in [5.74, 6) is -0.217. The van der Waals surface area contributed by atoms with Crippen LogP contribution in [0.5, 0.6) is 0 Å². The molecule has 0 aliphatic heterocycles. The van der Waals surface area contributed by atoms with Crippen molar-refractivity contribution in [2.24, 2.45) is 5.14 Å². The fourth-order valence-electron chi connectivity index (χ4n) is 1.21. The largest absolute Gasteiger partial charge is 0.325 e. The maximum absolute atomic E-state index is 11.6. The fourth-order valence-corrected chi connectivity index (χ4v) is 1.66. The Morgan fingerprint density at radius 2 is 1.94 bits per heavy atom. The Hall–Kier alpha value is -1.64. The molecule has 0 saturated carbocycles. The maximum Gasteiger partial charge on any atom is 0.296 e. The zero-order valence-electron chi connectivity index (χ0n) is 10.1. The molecule has 0 spiro atoms. The van der Waals surface area contributed by atoms with E-state index in [9.17, 15) is 13.2 Å². The Morgan fingerprint density at radius 3 is 2.50 bits per heavy atom. The lowest BCUT2D eigenvalue weighted by Crippen LogP contribution is -2.35. The van der Waals surface area contributed by atoms with Crippen LogP contribution in [0.4, 0.5) is 11.4 Å². The van der Waals surface area contributed by atoms with E-state index in [0.717, 1.165) is 0 Å². The van der Waals surface area contributed by atoms with E-state index in [-0.39, 0.29) is 17.6 Å². The molecule has 18 heavy (non-hydrogen) atoms. The molecule has 0 saturated heterocycles. The lowest BCUT2D eigenvalue weighted by Gasteiger charge is -2.12. The Bertz CT molecular complexity index is 530. The molecule has 0 bridgehead atoms. The van der Waals surface area contributed by atoms with E-state index in [1.165, 1.54) is 12.1 Å². The predicted molar refractivity (Wildman–Crippen MR) is 70.3 cm³/mol. The van der Waals surface area contributed by atoms with Gasteiger partial charge in [-0.05, 0) is 32.2 Å². The van der Waals surface area contributed by atoms with Gasteiger partial charge in [0.1, 0.15) is 0 Å². The van der Waals surface area contributed by atoms with Crippen molar-refractivity contribution in [3.63, 3.8) is 0 Å². The van der Waals surface area contributed by atoms with Crippen molar-refractivity contribution in [3.05, 3.63) is 24.3 Å². The molecule has 1 unspecified atom stereocenters. The minimum absolute atomic E-state index is 0.217. The van der Waals surface area contributed by atoms with Crippen LogP contribution in [-0.2, 0) is 15.0 Å². The van der Waals surface area contributed by atoms with E-state index < -0.39 is 10.2 Å². The molecule has 1 rings (SSSR count). The Morgan fingerprint density at radius 1 is 1.33 bits per heavy atom. The number of rotatable bonds is 5. The standard InChI is InChI=1S/C10H16N4O3S/c1-7(12-2)10(15)13-8-4-3-5-9(6-8)14-18(11,16)17/h3-7,12,14H,1-2H3,(H,13,15)(H2,11,16,17). The first-order valence-corrected chi connectivity index (χ1v) is 6.75. The van der Waals surface area contributed by atoms with Crippen LogP contribution in [0.2, 0.25) is 0 Å². The predicted octanol–water partition coefficient (Wildman–Crippen LogP) is -0.152. The summed E-state index contributed by atoms with van der Waals surface area (Å²) in [4.78, 5) is 11.6. The van der Waals surface area contributed by atoms with Gasteiger partial charge in [0.2, 0.25) is 5.91 Å². The second-order valence-corrected chi connectivity index (χ2v) is 5.02. The van der Waals surface area contributed by atoms with Gasteiger partial charge in [-0.3, -0.25) is 9.52 Å². The van der Waals surface area contributed by atoms with E-state index in [0.29, 0.717) is 5.69 Å². The molecule has 5 N–H and O–H groups in total. The van der Waals surface area contributed by atoms with Crippen molar-refractivity contribution >= 4 is 27.5 Å². The van der Waals surface area contributed by atoms with Gasteiger partial charge in [-0.2, -0.15) is 8.42 Å². The number of benzene rings is 1. The van der Waals surface area contributed by atoms with Crippen molar-refractivity contribution in [3.8, 4) is 0 Å². The lowest BCUT2D eigenvalue weighted by molar-refractivity contribution is -0.117. The molecular formula is C10H16N4O3S. The molecule has 0 fully saturated rings. The van der Waals surface area contributed by atoms with Crippen molar-refractivity contribution in [1.29, 1.82) is 0 Å². The van der Waals surface area contributed by atoms with E-state index in [1.54, 1.807) is 26.1 Å². The quantitative estimate of drug-likeness (QED) is 0.597. The second-order valence-electron chi connectivity index (χ2n) is 3.73. The number of hydrogen-bond donors (Lipinski definition) is 4. The highest BCUT2D eigenvalue weighted by Crippen LogP contribution is 2.15. The first-order chi connectivity index (χ1) is 8.31. The van der Waals surface area contributed by atoms with Crippen LogP contribution < -0.4 is 20.5 Å². The van der Waals surface area contributed by atoms with Gasteiger partial charge in [-0.15, -0.1) is 0 Å². The number of carbonyl (C=O) groups excluding carboxylic acids is 1. The number of amides is 1. The summed E-state index contributed by atoms with van der Waals surface area (Å²) in [5.41, 5.74) is 0.767. The first kappa shape index (κ1) is 14.4.